The van der Waals surface area contributed by atoms with Crippen LogP contribution in [0.1, 0.15) is 40.6 Å². The van der Waals surface area contributed by atoms with Crippen LogP contribution >= 0.6 is 0 Å². The molecule has 1 fully saturated rings. The standard InChI is InChI=1S/C29H33N5O8/c1-29-9-13-15(33(2)3)8-12(11-31-28(41)16-6-7-32-42-16)22(35)17(13)24(37)20(29)25(38)18-14(10-29)21(34(4)5)26(39)19(23(18)36)27(30)40/h6-8,14,18,21,35,37,39H,9-11H2,1-5H3,(H2,30,40)(H,31,41). The van der Waals surface area contributed by atoms with Crippen LogP contribution in [0.3, 0.4) is 0 Å². The Hall–Kier alpha value is -4.65. The Bertz CT molecular complexity index is 1590. The van der Waals surface area contributed by atoms with Gasteiger partial charge < -0.3 is 35.8 Å². The van der Waals surface area contributed by atoms with Gasteiger partial charge in [0.1, 0.15) is 22.8 Å². The molecule has 0 spiro atoms. The zero-order chi connectivity index (χ0) is 30.8. The lowest BCUT2D eigenvalue weighted by Gasteiger charge is -2.50. The highest BCUT2D eigenvalue weighted by Gasteiger charge is 2.59. The van der Waals surface area contributed by atoms with Gasteiger partial charge in [0, 0.05) is 48.9 Å². The van der Waals surface area contributed by atoms with Crippen LogP contribution in [0.15, 0.2) is 39.8 Å². The number of benzene rings is 1. The highest BCUT2D eigenvalue weighted by molar-refractivity contribution is 6.28. The summed E-state index contributed by atoms with van der Waals surface area (Å²) >= 11 is 0. The number of carbonyl (C=O) groups is 4. The molecule has 6 N–H and O–H groups in total. The molecule has 4 unspecified atom stereocenters. The largest absolute Gasteiger partial charge is 0.510 e. The number of nitrogens with one attached hydrogen (secondary N) is 1. The number of rotatable bonds is 6. The van der Waals surface area contributed by atoms with Crippen molar-refractivity contribution in [2.45, 2.75) is 32.4 Å². The van der Waals surface area contributed by atoms with Gasteiger partial charge in [-0.2, -0.15) is 0 Å². The van der Waals surface area contributed by atoms with E-state index in [9.17, 15) is 34.5 Å². The number of fused-ring (bicyclic) bond motifs is 3. The van der Waals surface area contributed by atoms with Crippen LogP contribution in [-0.2, 0) is 27.3 Å². The number of hydrogen-bond donors (Lipinski definition) is 5. The number of phenolic OH excluding ortho intramolecular Hbond substituents is 1. The summed E-state index contributed by atoms with van der Waals surface area (Å²) < 4.78 is 4.87. The van der Waals surface area contributed by atoms with Crippen LogP contribution < -0.4 is 16.0 Å². The summed E-state index contributed by atoms with van der Waals surface area (Å²) in [6.07, 6.45) is 1.77. The molecule has 0 bridgehead atoms. The molecule has 0 saturated heterocycles. The lowest BCUT2D eigenvalue weighted by Crippen LogP contribution is -2.57. The Morgan fingerprint density at radius 3 is 2.43 bits per heavy atom. The molecule has 5 rings (SSSR count). The van der Waals surface area contributed by atoms with Crippen molar-refractivity contribution in [2.75, 3.05) is 33.1 Å². The van der Waals surface area contributed by atoms with Gasteiger partial charge in [0.05, 0.1) is 23.7 Å². The number of nitrogens with zero attached hydrogens (tertiary/aromatic N) is 3. The molecule has 3 aliphatic rings. The van der Waals surface area contributed by atoms with E-state index in [2.05, 4.69) is 10.5 Å². The first-order chi connectivity index (χ1) is 19.7. The maximum Gasteiger partial charge on any atom is 0.290 e. The molecule has 1 saturated carbocycles. The maximum absolute atomic E-state index is 14.2. The number of ketones is 2. The smallest absolute Gasteiger partial charge is 0.290 e. The number of aliphatic hydroxyl groups excluding tert-OH is 2. The number of carbonyl (C=O) groups excluding carboxylic acids is 4. The fourth-order valence-corrected chi connectivity index (χ4v) is 6.90. The number of aromatic hydroxyl groups is 1. The molecule has 0 radical (unpaired) electrons. The second-order valence-electron chi connectivity index (χ2n) is 11.8. The van der Waals surface area contributed by atoms with Crippen molar-refractivity contribution in [3.05, 3.63) is 57.7 Å². The number of allylic oxidation sites excluding steroid dienone is 1. The molecule has 222 valence electrons. The van der Waals surface area contributed by atoms with E-state index in [1.54, 1.807) is 51.0 Å². The predicted octanol–water partition coefficient (Wildman–Crippen LogP) is 1.22. The van der Waals surface area contributed by atoms with E-state index >= 15 is 0 Å². The Labute approximate surface area is 241 Å². The summed E-state index contributed by atoms with van der Waals surface area (Å²) in [4.78, 5) is 55.7. The van der Waals surface area contributed by atoms with Crippen LogP contribution in [0.4, 0.5) is 5.69 Å². The SMILES string of the molecule is CN(C)c1cc(CNC(=O)c2ccno2)c(O)c2c1CC1(C)CC3C(C(=O)C(C(N)=O)=C(O)C3N(C)C)C(=O)C1=C2O. The minimum Gasteiger partial charge on any atom is -0.510 e. The highest BCUT2D eigenvalue weighted by Crippen LogP contribution is 2.57. The van der Waals surface area contributed by atoms with Gasteiger partial charge in [0.25, 0.3) is 11.8 Å². The highest BCUT2D eigenvalue weighted by atomic mass is 16.5. The van der Waals surface area contributed by atoms with Gasteiger partial charge >= 0.3 is 0 Å². The van der Waals surface area contributed by atoms with E-state index in [1.165, 1.54) is 12.3 Å². The van der Waals surface area contributed by atoms with E-state index in [1.807, 2.05) is 0 Å². The summed E-state index contributed by atoms with van der Waals surface area (Å²) in [5, 5.41) is 40.2. The topological polar surface area (TPSA) is 200 Å². The molecular weight excluding hydrogens is 546 g/mol. The Morgan fingerprint density at radius 2 is 1.86 bits per heavy atom. The van der Waals surface area contributed by atoms with Crippen molar-refractivity contribution in [1.82, 2.24) is 15.4 Å². The quantitative estimate of drug-likeness (QED) is 0.243. The third-order valence-electron chi connectivity index (χ3n) is 8.61. The number of aliphatic hydroxyl groups is 2. The molecule has 1 heterocycles. The lowest BCUT2D eigenvalue weighted by molar-refractivity contribution is -0.138. The van der Waals surface area contributed by atoms with Crippen LogP contribution in [0, 0.1) is 17.3 Å². The second kappa shape index (κ2) is 10.0. The summed E-state index contributed by atoms with van der Waals surface area (Å²) in [6.45, 7) is 1.67. The molecule has 2 aromatic rings. The number of Topliss-reactive ketones (excluding diaryl/α,β-unsaturated/α-hetero) is 2. The van der Waals surface area contributed by atoms with E-state index < -0.39 is 63.8 Å². The summed E-state index contributed by atoms with van der Waals surface area (Å²) in [6, 6.07) is 2.25. The van der Waals surface area contributed by atoms with Gasteiger partial charge in [-0.1, -0.05) is 12.1 Å². The third-order valence-corrected chi connectivity index (χ3v) is 8.61. The molecule has 2 amide bonds. The summed E-state index contributed by atoms with van der Waals surface area (Å²) in [5.41, 5.74) is 5.35. The first-order valence-electron chi connectivity index (χ1n) is 13.3. The summed E-state index contributed by atoms with van der Waals surface area (Å²) in [7, 11) is 6.92. The normalized spacial score (nSPS) is 25.2. The molecule has 1 aromatic carbocycles. The van der Waals surface area contributed by atoms with Crippen molar-refractivity contribution in [2.24, 2.45) is 23.0 Å². The first kappa shape index (κ1) is 28.9. The molecule has 3 aliphatic carbocycles. The Balaban J connectivity index is 1.64. The molecule has 13 heteroatoms. The minimum absolute atomic E-state index is 0.0213. The number of primary amides is 1. The zero-order valence-electron chi connectivity index (χ0n) is 23.9. The fourth-order valence-electron chi connectivity index (χ4n) is 6.90. The van der Waals surface area contributed by atoms with Gasteiger partial charge in [0.2, 0.25) is 5.76 Å². The zero-order valence-corrected chi connectivity index (χ0v) is 23.9. The van der Waals surface area contributed by atoms with Gasteiger partial charge in [-0.05, 0) is 44.5 Å². The number of aromatic nitrogens is 1. The Morgan fingerprint density at radius 1 is 1.17 bits per heavy atom. The lowest BCUT2D eigenvalue weighted by atomic mass is 9.53. The van der Waals surface area contributed by atoms with Crippen LogP contribution in [0.5, 0.6) is 5.75 Å². The molecular formula is C29H33N5O8. The average Bonchev–Trinajstić information content (AvgIpc) is 3.42. The number of nitrogens with two attached hydrogens (primary N) is 1. The second-order valence-corrected chi connectivity index (χ2v) is 11.8. The van der Waals surface area contributed by atoms with Gasteiger partial charge in [-0.15, -0.1) is 0 Å². The van der Waals surface area contributed by atoms with Crippen LogP contribution in [0.2, 0.25) is 0 Å². The number of likely N-dealkylation sites (N-methyl/N-ethyl adjacent to an activating group) is 1. The third kappa shape index (κ3) is 4.23. The van der Waals surface area contributed by atoms with Gasteiger partial charge in [-0.3, -0.25) is 24.1 Å². The minimum atomic E-state index is -1.36. The van der Waals surface area contributed by atoms with Gasteiger partial charge in [0.15, 0.2) is 11.6 Å². The van der Waals surface area contributed by atoms with Crippen LogP contribution in [-0.4, -0.2) is 83.0 Å². The van der Waals surface area contributed by atoms with Crippen molar-refractivity contribution < 1.29 is 39.0 Å². The predicted molar refractivity (Wildman–Crippen MR) is 149 cm³/mol. The number of anilines is 1. The van der Waals surface area contributed by atoms with Crippen molar-refractivity contribution >= 4 is 34.8 Å². The number of hydrogen-bond acceptors (Lipinski definition) is 11. The van der Waals surface area contributed by atoms with E-state index in [-0.39, 0.29) is 47.6 Å². The van der Waals surface area contributed by atoms with Crippen molar-refractivity contribution in [3.8, 4) is 5.75 Å². The first-order valence-corrected chi connectivity index (χ1v) is 13.3. The average molecular weight is 580 g/mol. The number of amides is 2. The van der Waals surface area contributed by atoms with Crippen LogP contribution in [0.25, 0.3) is 5.76 Å². The molecule has 1 aromatic heterocycles. The van der Waals surface area contributed by atoms with E-state index in [0.717, 1.165) is 0 Å². The molecule has 13 nitrogen and oxygen atoms in total. The van der Waals surface area contributed by atoms with Gasteiger partial charge in [-0.25, -0.2) is 0 Å². The van der Waals surface area contributed by atoms with E-state index in [4.69, 9.17) is 10.3 Å². The van der Waals surface area contributed by atoms with Crippen molar-refractivity contribution in [1.29, 1.82) is 0 Å². The molecule has 42 heavy (non-hydrogen) atoms. The molecule has 4 atom stereocenters. The fraction of sp³-hybridized carbons (Fsp3) is 0.414. The van der Waals surface area contributed by atoms with Crippen molar-refractivity contribution in [3.63, 3.8) is 0 Å². The molecule has 0 aliphatic heterocycles. The van der Waals surface area contributed by atoms with E-state index in [0.29, 0.717) is 11.3 Å². The summed E-state index contributed by atoms with van der Waals surface area (Å²) in [5.74, 6) is -6.62. The Kier molecular flexibility index (Phi) is 6.88. The number of phenols is 1. The monoisotopic (exact) mass is 579 g/mol. The maximum atomic E-state index is 14.2.